The molecule has 0 aromatic rings. The van der Waals surface area contributed by atoms with Crippen molar-refractivity contribution < 1.29 is 9.47 Å². The fraction of sp³-hybridized carbons (Fsp3) is 0.733. The van der Waals surface area contributed by atoms with Gasteiger partial charge in [-0.15, -0.1) is 6.42 Å². The third-order valence-electron chi connectivity index (χ3n) is 3.82. The highest BCUT2D eigenvalue weighted by molar-refractivity contribution is 9.09. The van der Waals surface area contributed by atoms with Crippen LogP contribution >= 0.6 is 31.9 Å². The van der Waals surface area contributed by atoms with Crippen LogP contribution in [0, 0.1) is 12.3 Å². The molecule has 0 amide bonds. The van der Waals surface area contributed by atoms with E-state index in [1.165, 1.54) is 0 Å². The van der Waals surface area contributed by atoms with Crippen LogP contribution in [-0.2, 0) is 9.47 Å². The number of hydrogen-bond acceptors (Lipinski definition) is 2. The van der Waals surface area contributed by atoms with Gasteiger partial charge in [0.25, 0.3) is 0 Å². The molecule has 3 heterocycles. The molecule has 3 aliphatic heterocycles. The van der Waals surface area contributed by atoms with Crippen LogP contribution in [0.5, 0.6) is 0 Å². The van der Waals surface area contributed by atoms with E-state index in [9.17, 15) is 0 Å². The molecular formula is C15H20Br2O2. The van der Waals surface area contributed by atoms with Gasteiger partial charge >= 0.3 is 0 Å². The summed E-state index contributed by atoms with van der Waals surface area (Å²) >= 11 is 7.46. The number of alkyl halides is 2. The summed E-state index contributed by atoms with van der Waals surface area (Å²) < 4.78 is 12.2. The maximum atomic E-state index is 6.29. The van der Waals surface area contributed by atoms with Crippen molar-refractivity contribution in [1.82, 2.24) is 0 Å². The predicted octanol–water partition coefficient (Wildman–Crippen LogP) is 3.82. The molecular weight excluding hydrogens is 372 g/mol. The summed E-state index contributed by atoms with van der Waals surface area (Å²) in [5.74, 6) is 2.52. The van der Waals surface area contributed by atoms with Crippen LogP contribution in [0.3, 0.4) is 0 Å². The maximum absolute atomic E-state index is 6.29. The molecule has 106 valence electrons. The topological polar surface area (TPSA) is 18.5 Å². The third kappa shape index (κ3) is 3.85. The fourth-order valence-corrected chi connectivity index (χ4v) is 3.68. The van der Waals surface area contributed by atoms with E-state index in [1.807, 2.05) is 6.08 Å². The van der Waals surface area contributed by atoms with Crippen molar-refractivity contribution in [2.45, 2.75) is 66.7 Å². The largest absolute Gasteiger partial charge is 0.371 e. The Morgan fingerprint density at radius 3 is 2.74 bits per heavy atom. The van der Waals surface area contributed by atoms with Gasteiger partial charge in [-0.05, 0) is 25.3 Å². The van der Waals surface area contributed by atoms with Gasteiger partial charge in [-0.2, -0.15) is 0 Å². The van der Waals surface area contributed by atoms with Gasteiger partial charge in [-0.1, -0.05) is 50.8 Å². The Morgan fingerprint density at radius 1 is 1.37 bits per heavy atom. The molecule has 2 nitrogen and oxygen atoms in total. The Labute approximate surface area is 132 Å². The fourth-order valence-electron chi connectivity index (χ4n) is 2.63. The van der Waals surface area contributed by atoms with Crippen LogP contribution < -0.4 is 0 Å². The molecule has 4 heteroatoms. The molecule has 6 atom stereocenters. The highest BCUT2D eigenvalue weighted by Crippen LogP contribution is 2.39. The van der Waals surface area contributed by atoms with E-state index in [0.29, 0.717) is 15.8 Å². The van der Waals surface area contributed by atoms with E-state index >= 15 is 0 Å². The summed E-state index contributed by atoms with van der Waals surface area (Å²) in [5.41, 5.74) is 0. The molecule has 0 unspecified atom stereocenters. The Balaban J connectivity index is 2.02. The molecule has 3 saturated heterocycles. The Kier molecular flexibility index (Phi) is 5.95. The highest BCUT2D eigenvalue weighted by Gasteiger charge is 2.44. The molecule has 3 aliphatic rings. The Morgan fingerprint density at radius 2 is 2.11 bits per heavy atom. The molecule has 0 aromatic heterocycles. The van der Waals surface area contributed by atoms with Crippen molar-refractivity contribution in [3.63, 3.8) is 0 Å². The summed E-state index contributed by atoms with van der Waals surface area (Å²) in [6, 6.07) is 0. The number of hydrogen-bond donors (Lipinski definition) is 0. The molecule has 0 radical (unpaired) electrons. The molecule has 0 aliphatic carbocycles. The van der Waals surface area contributed by atoms with Gasteiger partial charge in [0.1, 0.15) is 0 Å². The SMILES string of the molecule is C#C/C=C\C[C@H]1O[C@H]([C@@H](Br)CC)C[C@@H](Br)[C@@H]2C[C@@H]1O2. The predicted molar refractivity (Wildman–Crippen MR) is 84.9 cm³/mol. The van der Waals surface area contributed by atoms with Crippen molar-refractivity contribution in [2.24, 2.45) is 0 Å². The lowest BCUT2D eigenvalue weighted by atomic mass is 9.90. The molecule has 0 N–H and O–H groups in total. The van der Waals surface area contributed by atoms with E-state index in [1.54, 1.807) is 6.08 Å². The van der Waals surface area contributed by atoms with E-state index in [2.05, 4.69) is 44.7 Å². The monoisotopic (exact) mass is 390 g/mol. The average molecular weight is 392 g/mol. The molecule has 0 aromatic carbocycles. The van der Waals surface area contributed by atoms with Gasteiger partial charge in [0.15, 0.2) is 0 Å². The van der Waals surface area contributed by atoms with Crippen LogP contribution in [-0.4, -0.2) is 34.1 Å². The normalized spacial score (nSPS) is 40.0. The first-order chi connectivity index (χ1) is 9.15. The maximum Gasteiger partial charge on any atom is 0.0876 e. The zero-order valence-electron chi connectivity index (χ0n) is 11.1. The summed E-state index contributed by atoms with van der Waals surface area (Å²) in [7, 11) is 0. The minimum atomic E-state index is 0.123. The van der Waals surface area contributed by atoms with E-state index in [0.717, 1.165) is 25.7 Å². The molecule has 0 spiro atoms. The molecule has 0 saturated carbocycles. The van der Waals surface area contributed by atoms with Gasteiger partial charge in [0.05, 0.1) is 24.4 Å². The van der Waals surface area contributed by atoms with Gasteiger partial charge in [-0.3, -0.25) is 0 Å². The van der Waals surface area contributed by atoms with Crippen LogP contribution in [0.2, 0.25) is 0 Å². The minimum absolute atomic E-state index is 0.123. The average Bonchev–Trinajstić information content (AvgIpc) is 2.32. The summed E-state index contributed by atoms with van der Waals surface area (Å²) in [6.45, 7) is 2.18. The van der Waals surface area contributed by atoms with Crippen LogP contribution in [0.25, 0.3) is 0 Å². The van der Waals surface area contributed by atoms with Crippen molar-refractivity contribution in [1.29, 1.82) is 0 Å². The van der Waals surface area contributed by atoms with Crippen molar-refractivity contribution in [2.75, 3.05) is 0 Å². The second-order valence-electron chi connectivity index (χ2n) is 5.14. The van der Waals surface area contributed by atoms with Crippen LogP contribution in [0.15, 0.2) is 12.2 Å². The first-order valence-electron chi connectivity index (χ1n) is 6.85. The smallest absolute Gasteiger partial charge is 0.0876 e. The third-order valence-corrected chi connectivity index (χ3v) is 6.02. The Hall–Kier alpha value is 0.180. The van der Waals surface area contributed by atoms with Gasteiger partial charge < -0.3 is 9.47 Å². The van der Waals surface area contributed by atoms with E-state index in [4.69, 9.17) is 15.9 Å². The summed E-state index contributed by atoms with van der Waals surface area (Å²) in [4.78, 5) is 0.784. The number of rotatable bonds is 4. The molecule has 2 bridgehead atoms. The summed E-state index contributed by atoms with van der Waals surface area (Å²) in [5, 5.41) is 0. The molecule has 19 heavy (non-hydrogen) atoms. The lowest BCUT2D eigenvalue weighted by Crippen LogP contribution is -2.55. The molecule has 3 fully saturated rings. The van der Waals surface area contributed by atoms with Crippen molar-refractivity contribution >= 4 is 31.9 Å². The number of fused-ring (bicyclic) bond motifs is 4. The van der Waals surface area contributed by atoms with Gasteiger partial charge in [0.2, 0.25) is 0 Å². The Bertz CT molecular complexity index is 358. The van der Waals surface area contributed by atoms with Crippen LogP contribution in [0.1, 0.15) is 32.6 Å². The minimum Gasteiger partial charge on any atom is -0.371 e. The van der Waals surface area contributed by atoms with Crippen molar-refractivity contribution in [3.8, 4) is 12.3 Å². The van der Waals surface area contributed by atoms with E-state index in [-0.39, 0.29) is 18.3 Å². The van der Waals surface area contributed by atoms with E-state index < -0.39 is 0 Å². The second-order valence-corrected chi connectivity index (χ2v) is 7.49. The first kappa shape index (κ1) is 15.6. The number of terminal acetylenes is 1. The number of allylic oxidation sites excluding steroid dienone is 1. The van der Waals surface area contributed by atoms with Gasteiger partial charge in [-0.25, -0.2) is 0 Å². The number of ether oxygens (including phenoxy) is 2. The standard InChI is InChI=1S/C15H20Br2O2/c1-3-5-6-7-12-15-9-14(19-15)11(17)8-13(18-12)10(16)4-2/h1,5-6,10-15H,4,7-9H2,2H3/b6-5-/t10-,11+,12+,13-,14-,15-/m0/s1. The first-order valence-corrected chi connectivity index (χ1v) is 8.69. The zero-order chi connectivity index (χ0) is 13.8. The highest BCUT2D eigenvalue weighted by atomic mass is 79.9. The quantitative estimate of drug-likeness (QED) is 0.535. The number of halogens is 2. The van der Waals surface area contributed by atoms with Crippen molar-refractivity contribution in [3.05, 3.63) is 12.2 Å². The zero-order valence-corrected chi connectivity index (χ0v) is 14.3. The second kappa shape index (κ2) is 7.26. The lowest BCUT2D eigenvalue weighted by Gasteiger charge is -2.47. The van der Waals surface area contributed by atoms with Gasteiger partial charge in [0, 0.05) is 16.1 Å². The van der Waals surface area contributed by atoms with Crippen LogP contribution in [0.4, 0.5) is 0 Å². The molecule has 3 rings (SSSR count). The summed E-state index contributed by atoms with van der Waals surface area (Å²) in [6.07, 6.45) is 13.8. The lowest BCUT2D eigenvalue weighted by molar-refractivity contribution is -0.213.